The molecule has 1 aliphatic heterocycles. The zero-order valence-corrected chi connectivity index (χ0v) is 20.8. The second kappa shape index (κ2) is 9.12. The summed E-state index contributed by atoms with van der Waals surface area (Å²) in [6.45, 7) is 0. The maximum Gasteiger partial charge on any atom is 0.301 e. The molecule has 0 bridgehead atoms. The van der Waals surface area contributed by atoms with Gasteiger partial charge in [-0.15, -0.1) is 0 Å². The highest BCUT2D eigenvalue weighted by atomic mass is 32.1. The number of benzene rings is 3. The van der Waals surface area contributed by atoms with E-state index in [0.717, 1.165) is 42.6 Å². The zero-order valence-electron chi connectivity index (χ0n) is 20.0. The van der Waals surface area contributed by atoms with Gasteiger partial charge in [-0.2, -0.15) is 0 Å². The van der Waals surface area contributed by atoms with Crippen molar-refractivity contribution >= 4 is 44.1 Å². The minimum Gasteiger partial charge on any atom is -0.507 e. The van der Waals surface area contributed by atoms with Gasteiger partial charge in [0.15, 0.2) is 5.13 Å². The Balaban J connectivity index is 1.53. The minimum atomic E-state index is -0.910. The first kappa shape index (κ1) is 23.4. The first-order chi connectivity index (χ1) is 17.9. The van der Waals surface area contributed by atoms with Crippen LogP contribution in [0.5, 0.6) is 5.75 Å². The van der Waals surface area contributed by atoms with Crippen LogP contribution in [0.1, 0.15) is 41.1 Å². The summed E-state index contributed by atoms with van der Waals surface area (Å²) in [7, 11) is 1.55. The van der Waals surface area contributed by atoms with Crippen molar-refractivity contribution in [2.75, 3.05) is 12.0 Å². The van der Waals surface area contributed by atoms with Gasteiger partial charge in [-0.25, -0.2) is 9.37 Å². The van der Waals surface area contributed by atoms with Crippen molar-refractivity contribution in [3.63, 3.8) is 0 Å². The maximum atomic E-state index is 13.8. The molecule has 0 radical (unpaired) electrons. The fraction of sp³-hybridized carbons (Fsp3) is 0.207. The van der Waals surface area contributed by atoms with E-state index in [0.29, 0.717) is 27.1 Å². The Kier molecular flexibility index (Phi) is 5.76. The lowest BCUT2D eigenvalue weighted by Crippen LogP contribution is -2.29. The van der Waals surface area contributed by atoms with E-state index in [9.17, 15) is 19.1 Å². The monoisotopic (exact) mass is 514 g/mol. The average molecular weight is 515 g/mol. The van der Waals surface area contributed by atoms with Crippen LogP contribution in [0.2, 0.25) is 0 Å². The van der Waals surface area contributed by atoms with Crippen LogP contribution in [0.3, 0.4) is 0 Å². The van der Waals surface area contributed by atoms with Gasteiger partial charge in [0.1, 0.15) is 17.3 Å². The summed E-state index contributed by atoms with van der Waals surface area (Å²) in [6.07, 6.45) is 4.11. The van der Waals surface area contributed by atoms with Crippen molar-refractivity contribution in [1.29, 1.82) is 0 Å². The van der Waals surface area contributed by atoms with E-state index >= 15 is 0 Å². The summed E-state index contributed by atoms with van der Waals surface area (Å²) in [6, 6.07) is 16.0. The molecule has 1 N–H and O–H groups in total. The molecular weight excluding hydrogens is 491 g/mol. The molecule has 8 heteroatoms. The van der Waals surface area contributed by atoms with Crippen LogP contribution in [0.4, 0.5) is 9.52 Å². The standard InChI is InChI=1S/C29H23FN2O4S/c1-36-21-11-8-17(9-12-21)25-24(26(33)19-7-6-16-4-2-3-5-18(16)14-19)27(34)28(35)32(25)29-31-22-13-10-20(30)15-23(22)37-29/h6-15,25,33H,2-5H2,1H3/b26-24+. The molecule has 4 aromatic rings. The molecule has 0 spiro atoms. The number of aromatic nitrogens is 1. The van der Waals surface area contributed by atoms with E-state index in [1.807, 2.05) is 12.1 Å². The number of hydrogen-bond donors (Lipinski definition) is 1. The molecule has 2 aliphatic rings. The Morgan fingerprint density at radius 2 is 1.78 bits per heavy atom. The number of aryl methyl sites for hydroxylation is 2. The van der Waals surface area contributed by atoms with Crippen LogP contribution in [0, 0.1) is 5.82 Å². The summed E-state index contributed by atoms with van der Waals surface area (Å²) in [4.78, 5) is 32.7. The zero-order chi connectivity index (χ0) is 25.7. The molecule has 1 aromatic heterocycles. The summed E-state index contributed by atoms with van der Waals surface area (Å²) in [5.74, 6) is -1.60. The third-order valence-corrected chi connectivity index (χ3v) is 8.06. The van der Waals surface area contributed by atoms with E-state index in [-0.39, 0.29) is 16.5 Å². The third-order valence-electron chi connectivity index (χ3n) is 7.04. The summed E-state index contributed by atoms with van der Waals surface area (Å²) in [5.41, 5.74) is 4.03. The van der Waals surface area contributed by atoms with Crippen molar-refractivity contribution < 1.29 is 23.8 Å². The Morgan fingerprint density at radius 3 is 2.54 bits per heavy atom. The number of carbonyl (C=O) groups excluding carboxylic acids is 2. The van der Waals surface area contributed by atoms with Crippen LogP contribution in [-0.2, 0) is 22.4 Å². The number of amides is 1. The number of hydrogen-bond acceptors (Lipinski definition) is 6. The van der Waals surface area contributed by atoms with Crippen molar-refractivity contribution in [3.05, 3.63) is 94.3 Å². The number of aliphatic hydroxyl groups excluding tert-OH is 1. The summed E-state index contributed by atoms with van der Waals surface area (Å²) >= 11 is 1.12. The van der Waals surface area contributed by atoms with Gasteiger partial charge in [-0.1, -0.05) is 35.6 Å². The highest BCUT2D eigenvalue weighted by molar-refractivity contribution is 7.22. The van der Waals surface area contributed by atoms with Crippen LogP contribution in [0.15, 0.2) is 66.2 Å². The lowest BCUT2D eigenvalue weighted by Gasteiger charge is -2.23. The number of nitrogens with zero attached hydrogens (tertiary/aromatic N) is 2. The number of anilines is 1. The van der Waals surface area contributed by atoms with Crippen LogP contribution >= 0.6 is 11.3 Å². The largest absolute Gasteiger partial charge is 0.507 e. The van der Waals surface area contributed by atoms with Gasteiger partial charge in [-0.3, -0.25) is 14.5 Å². The normalized spacial score (nSPS) is 18.9. The number of ether oxygens (including phenoxy) is 1. The topological polar surface area (TPSA) is 79.7 Å². The Hall–Kier alpha value is -4.04. The average Bonchev–Trinajstić information content (AvgIpc) is 3.45. The Bertz CT molecular complexity index is 1590. The number of aliphatic hydroxyl groups is 1. The van der Waals surface area contributed by atoms with Crippen LogP contribution in [-0.4, -0.2) is 28.9 Å². The van der Waals surface area contributed by atoms with Crippen LogP contribution < -0.4 is 9.64 Å². The summed E-state index contributed by atoms with van der Waals surface area (Å²) < 4.78 is 19.7. The molecule has 1 atom stereocenters. The molecule has 2 heterocycles. The maximum absolute atomic E-state index is 13.8. The first-order valence-electron chi connectivity index (χ1n) is 12.1. The lowest BCUT2D eigenvalue weighted by atomic mass is 9.89. The number of carbonyl (C=O) groups is 2. The number of fused-ring (bicyclic) bond motifs is 2. The summed E-state index contributed by atoms with van der Waals surface area (Å²) in [5, 5.41) is 11.7. The molecular formula is C29H23FN2O4S. The molecule has 37 heavy (non-hydrogen) atoms. The number of Topliss-reactive ketones (excluding diaryl/α,β-unsaturated/α-hetero) is 1. The molecule has 186 valence electrons. The van der Waals surface area contributed by atoms with Gasteiger partial charge in [-0.05, 0) is 78.8 Å². The molecule has 1 saturated heterocycles. The van der Waals surface area contributed by atoms with E-state index in [1.54, 1.807) is 37.4 Å². The molecule has 1 unspecified atom stereocenters. The second-order valence-corrected chi connectivity index (χ2v) is 10.3. The van der Waals surface area contributed by atoms with E-state index < -0.39 is 23.5 Å². The quantitative estimate of drug-likeness (QED) is 0.207. The van der Waals surface area contributed by atoms with E-state index in [4.69, 9.17) is 4.74 Å². The van der Waals surface area contributed by atoms with E-state index in [2.05, 4.69) is 4.98 Å². The van der Waals surface area contributed by atoms with Crippen molar-refractivity contribution in [3.8, 4) is 5.75 Å². The fourth-order valence-corrected chi connectivity index (χ4v) is 6.17. The molecule has 1 amide bonds. The minimum absolute atomic E-state index is 0.00337. The number of ketones is 1. The van der Waals surface area contributed by atoms with Gasteiger partial charge in [0.05, 0.1) is 28.9 Å². The third kappa shape index (κ3) is 3.97. The van der Waals surface area contributed by atoms with E-state index in [1.165, 1.54) is 28.7 Å². The van der Waals surface area contributed by atoms with Gasteiger partial charge in [0.25, 0.3) is 5.78 Å². The molecule has 6 nitrogen and oxygen atoms in total. The Morgan fingerprint density at radius 1 is 1.03 bits per heavy atom. The first-order valence-corrected chi connectivity index (χ1v) is 12.9. The fourth-order valence-electron chi connectivity index (χ4n) is 5.16. The van der Waals surface area contributed by atoms with Crippen molar-refractivity contribution in [2.24, 2.45) is 0 Å². The lowest BCUT2D eigenvalue weighted by molar-refractivity contribution is -0.132. The SMILES string of the molecule is COc1ccc(C2/C(=C(\O)c3ccc4c(c3)CCCC4)C(=O)C(=O)N2c2nc3ccc(F)cc3s2)cc1. The molecule has 3 aromatic carbocycles. The number of thiazole rings is 1. The molecule has 1 aliphatic carbocycles. The smallest absolute Gasteiger partial charge is 0.301 e. The molecule has 6 rings (SSSR count). The van der Waals surface area contributed by atoms with Gasteiger partial charge >= 0.3 is 5.91 Å². The highest BCUT2D eigenvalue weighted by Gasteiger charge is 2.48. The van der Waals surface area contributed by atoms with Gasteiger partial charge in [0, 0.05) is 5.56 Å². The predicted octanol–water partition coefficient (Wildman–Crippen LogP) is 5.95. The number of methoxy groups -OCH3 is 1. The molecule has 0 saturated carbocycles. The highest BCUT2D eigenvalue weighted by Crippen LogP contribution is 2.44. The Labute approximate surface area is 216 Å². The van der Waals surface area contributed by atoms with Gasteiger partial charge in [0.2, 0.25) is 0 Å². The predicted molar refractivity (Wildman–Crippen MR) is 140 cm³/mol. The number of halogens is 1. The van der Waals surface area contributed by atoms with Gasteiger partial charge < -0.3 is 9.84 Å². The number of rotatable bonds is 4. The molecule has 1 fully saturated rings. The van der Waals surface area contributed by atoms with Crippen LogP contribution in [0.25, 0.3) is 16.0 Å². The second-order valence-electron chi connectivity index (χ2n) is 9.24. The van der Waals surface area contributed by atoms with Crippen molar-refractivity contribution in [1.82, 2.24) is 4.98 Å². The van der Waals surface area contributed by atoms with Crippen molar-refractivity contribution in [2.45, 2.75) is 31.7 Å².